The largest absolute Gasteiger partial charge is 0.319 e. The third kappa shape index (κ3) is 1.84. The van der Waals surface area contributed by atoms with Crippen LogP contribution in [0.5, 0.6) is 0 Å². The molecule has 3 heteroatoms. The minimum Gasteiger partial charge on any atom is -0.319 e. The molecule has 0 aromatic carbocycles. The van der Waals surface area contributed by atoms with Gasteiger partial charge >= 0.3 is 0 Å². The molecule has 0 spiro atoms. The molecule has 1 heterocycles. The lowest BCUT2D eigenvalue weighted by Gasteiger charge is -1.93. The van der Waals surface area contributed by atoms with Gasteiger partial charge < -0.3 is 5.32 Å². The highest BCUT2D eigenvalue weighted by Crippen LogP contribution is 2.41. The lowest BCUT2D eigenvalue weighted by Crippen LogP contribution is -2.10. The number of rotatable bonds is 4. The summed E-state index contributed by atoms with van der Waals surface area (Å²) in [5.74, 6) is 0.818. The SMILES string of the molecule is CNCCc1csc(C2CC2)n1. The molecule has 66 valence electrons. The summed E-state index contributed by atoms with van der Waals surface area (Å²) in [4.78, 5) is 4.59. The number of likely N-dealkylation sites (N-methyl/N-ethyl adjacent to an activating group) is 1. The molecule has 0 atom stereocenters. The Labute approximate surface area is 77.0 Å². The minimum atomic E-state index is 0.818. The van der Waals surface area contributed by atoms with Crippen molar-refractivity contribution in [3.63, 3.8) is 0 Å². The van der Waals surface area contributed by atoms with Gasteiger partial charge in [0.2, 0.25) is 0 Å². The zero-order valence-electron chi connectivity index (χ0n) is 7.34. The van der Waals surface area contributed by atoms with Crippen LogP contribution in [0.2, 0.25) is 0 Å². The molecule has 0 aliphatic heterocycles. The van der Waals surface area contributed by atoms with Gasteiger partial charge in [0, 0.05) is 24.3 Å². The summed E-state index contributed by atoms with van der Waals surface area (Å²) < 4.78 is 0. The average Bonchev–Trinajstić information content (AvgIpc) is 2.83. The molecule has 0 unspecified atom stereocenters. The highest BCUT2D eigenvalue weighted by molar-refractivity contribution is 7.09. The average molecular weight is 182 g/mol. The van der Waals surface area contributed by atoms with Gasteiger partial charge in [-0.25, -0.2) is 4.98 Å². The molecule has 1 N–H and O–H groups in total. The molecular formula is C9H14N2S. The van der Waals surface area contributed by atoms with E-state index in [2.05, 4.69) is 15.7 Å². The molecule has 1 fully saturated rings. The first-order valence-electron chi connectivity index (χ1n) is 4.49. The van der Waals surface area contributed by atoms with Crippen LogP contribution in [0, 0.1) is 0 Å². The van der Waals surface area contributed by atoms with Crippen molar-refractivity contribution in [3.05, 3.63) is 16.1 Å². The third-order valence-electron chi connectivity index (χ3n) is 2.13. The van der Waals surface area contributed by atoms with E-state index in [4.69, 9.17) is 0 Å². The van der Waals surface area contributed by atoms with E-state index in [1.807, 2.05) is 18.4 Å². The van der Waals surface area contributed by atoms with Crippen molar-refractivity contribution in [3.8, 4) is 0 Å². The van der Waals surface area contributed by atoms with Crippen LogP contribution in [0.1, 0.15) is 29.5 Å². The Bertz CT molecular complexity index is 253. The van der Waals surface area contributed by atoms with E-state index in [0.717, 1.165) is 18.9 Å². The van der Waals surface area contributed by atoms with Crippen LogP contribution >= 0.6 is 11.3 Å². The van der Waals surface area contributed by atoms with Crippen LogP contribution in [-0.2, 0) is 6.42 Å². The van der Waals surface area contributed by atoms with Gasteiger partial charge in [-0.1, -0.05) is 0 Å². The Balaban J connectivity index is 1.93. The summed E-state index contributed by atoms with van der Waals surface area (Å²) in [5, 5.41) is 6.70. The van der Waals surface area contributed by atoms with E-state index in [-0.39, 0.29) is 0 Å². The fourth-order valence-electron chi connectivity index (χ4n) is 1.21. The van der Waals surface area contributed by atoms with Crippen molar-refractivity contribution in [2.24, 2.45) is 0 Å². The van der Waals surface area contributed by atoms with Crippen LogP contribution in [-0.4, -0.2) is 18.6 Å². The van der Waals surface area contributed by atoms with E-state index in [1.165, 1.54) is 23.5 Å². The van der Waals surface area contributed by atoms with E-state index in [0.29, 0.717) is 0 Å². The predicted molar refractivity (Wildman–Crippen MR) is 51.7 cm³/mol. The normalized spacial score (nSPS) is 16.8. The first-order chi connectivity index (χ1) is 5.90. The lowest BCUT2D eigenvalue weighted by molar-refractivity contribution is 0.777. The van der Waals surface area contributed by atoms with E-state index >= 15 is 0 Å². The number of aromatic nitrogens is 1. The first kappa shape index (κ1) is 8.20. The maximum atomic E-state index is 4.59. The molecule has 0 amide bonds. The summed E-state index contributed by atoms with van der Waals surface area (Å²) >= 11 is 1.83. The predicted octanol–water partition coefficient (Wildman–Crippen LogP) is 1.78. The van der Waals surface area contributed by atoms with Crippen LogP contribution < -0.4 is 5.32 Å². The smallest absolute Gasteiger partial charge is 0.0959 e. The summed E-state index contributed by atoms with van der Waals surface area (Å²) in [5.41, 5.74) is 1.26. The molecule has 1 aliphatic rings. The monoisotopic (exact) mass is 182 g/mol. The number of nitrogens with zero attached hydrogens (tertiary/aromatic N) is 1. The van der Waals surface area contributed by atoms with E-state index in [1.54, 1.807) is 0 Å². The Morgan fingerprint density at radius 2 is 2.50 bits per heavy atom. The van der Waals surface area contributed by atoms with Crippen molar-refractivity contribution in [1.82, 2.24) is 10.3 Å². The van der Waals surface area contributed by atoms with Crippen LogP contribution in [0.25, 0.3) is 0 Å². The van der Waals surface area contributed by atoms with Gasteiger partial charge in [-0.3, -0.25) is 0 Å². The number of hydrogen-bond donors (Lipinski definition) is 1. The quantitative estimate of drug-likeness (QED) is 0.768. The van der Waals surface area contributed by atoms with Crippen LogP contribution in [0.3, 0.4) is 0 Å². The van der Waals surface area contributed by atoms with Gasteiger partial charge in [0.05, 0.1) is 10.7 Å². The molecule has 0 bridgehead atoms. The van der Waals surface area contributed by atoms with E-state index < -0.39 is 0 Å². The molecule has 2 rings (SSSR count). The van der Waals surface area contributed by atoms with Crippen molar-refractivity contribution in [2.45, 2.75) is 25.2 Å². The van der Waals surface area contributed by atoms with Crippen molar-refractivity contribution in [1.29, 1.82) is 0 Å². The maximum absolute atomic E-state index is 4.59. The summed E-state index contributed by atoms with van der Waals surface area (Å²) in [7, 11) is 1.98. The second-order valence-electron chi connectivity index (χ2n) is 3.30. The van der Waals surface area contributed by atoms with E-state index in [9.17, 15) is 0 Å². The lowest BCUT2D eigenvalue weighted by atomic mass is 10.3. The topological polar surface area (TPSA) is 24.9 Å². The molecule has 0 saturated heterocycles. The number of thiazole rings is 1. The van der Waals surface area contributed by atoms with Crippen LogP contribution in [0.15, 0.2) is 5.38 Å². The second kappa shape index (κ2) is 3.54. The highest BCUT2D eigenvalue weighted by Gasteiger charge is 2.26. The minimum absolute atomic E-state index is 0.818. The zero-order valence-corrected chi connectivity index (χ0v) is 8.16. The van der Waals surface area contributed by atoms with Crippen molar-refractivity contribution >= 4 is 11.3 Å². The Kier molecular flexibility index (Phi) is 2.42. The standard InChI is InChI=1S/C9H14N2S/c1-10-5-4-8-6-12-9(11-8)7-2-3-7/h6-7,10H,2-5H2,1H3. The fraction of sp³-hybridized carbons (Fsp3) is 0.667. The number of hydrogen-bond acceptors (Lipinski definition) is 3. The molecule has 0 radical (unpaired) electrons. The molecule has 1 aromatic heterocycles. The van der Waals surface area contributed by atoms with Gasteiger partial charge in [0.25, 0.3) is 0 Å². The second-order valence-corrected chi connectivity index (χ2v) is 4.19. The Morgan fingerprint density at radius 1 is 1.67 bits per heavy atom. The molecular weight excluding hydrogens is 168 g/mol. The number of nitrogens with one attached hydrogen (secondary N) is 1. The van der Waals surface area contributed by atoms with Crippen molar-refractivity contribution in [2.75, 3.05) is 13.6 Å². The summed E-state index contributed by atoms with van der Waals surface area (Å²) in [6.45, 7) is 1.04. The maximum Gasteiger partial charge on any atom is 0.0959 e. The summed E-state index contributed by atoms with van der Waals surface area (Å²) in [6, 6.07) is 0. The molecule has 12 heavy (non-hydrogen) atoms. The first-order valence-corrected chi connectivity index (χ1v) is 5.37. The van der Waals surface area contributed by atoms with Gasteiger partial charge in [-0.2, -0.15) is 0 Å². The van der Waals surface area contributed by atoms with Crippen LogP contribution in [0.4, 0.5) is 0 Å². The Morgan fingerprint density at radius 3 is 3.17 bits per heavy atom. The molecule has 1 aromatic rings. The van der Waals surface area contributed by atoms with Gasteiger partial charge in [-0.15, -0.1) is 11.3 Å². The zero-order chi connectivity index (χ0) is 8.39. The third-order valence-corrected chi connectivity index (χ3v) is 3.18. The molecule has 1 aliphatic carbocycles. The fourth-order valence-corrected chi connectivity index (χ4v) is 2.23. The van der Waals surface area contributed by atoms with Gasteiger partial charge in [-0.05, 0) is 19.9 Å². The van der Waals surface area contributed by atoms with Gasteiger partial charge in [0.1, 0.15) is 0 Å². The Hall–Kier alpha value is -0.410. The molecule has 2 nitrogen and oxygen atoms in total. The highest BCUT2D eigenvalue weighted by atomic mass is 32.1. The molecule has 1 saturated carbocycles. The van der Waals surface area contributed by atoms with Gasteiger partial charge in [0.15, 0.2) is 0 Å². The summed E-state index contributed by atoms with van der Waals surface area (Å²) in [6.07, 6.45) is 3.79. The van der Waals surface area contributed by atoms with Crippen molar-refractivity contribution < 1.29 is 0 Å².